The van der Waals surface area contributed by atoms with Crippen LogP contribution in [0.3, 0.4) is 0 Å². The first kappa shape index (κ1) is 13.5. The van der Waals surface area contributed by atoms with Crippen LogP contribution in [0, 0.1) is 17.6 Å². The smallest absolute Gasteiger partial charge is 0.328 e. The van der Waals surface area contributed by atoms with Crippen LogP contribution in [0.2, 0.25) is 0 Å². The zero-order chi connectivity index (χ0) is 13.8. The molecule has 0 spiro atoms. The molecule has 1 fully saturated rings. The first-order valence-electron chi connectivity index (χ1n) is 6.09. The van der Waals surface area contributed by atoms with Gasteiger partial charge in [-0.25, -0.2) is 13.6 Å². The SMILES string of the molecule is O=C(O)C=Cc1cc(F)c(OCCC2CC2)c(F)c1. The normalized spacial score (nSPS) is 14.8. The summed E-state index contributed by atoms with van der Waals surface area (Å²) in [6.45, 7) is 0.294. The number of halogens is 2. The number of benzene rings is 1. The summed E-state index contributed by atoms with van der Waals surface area (Å²) in [6.07, 6.45) is 5.07. The fourth-order valence-electron chi connectivity index (χ4n) is 1.72. The summed E-state index contributed by atoms with van der Waals surface area (Å²) in [5.41, 5.74) is 0.145. The topological polar surface area (TPSA) is 46.5 Å². The summed E-state index contributed by atoms with van der Waals surface area (Å²) >= 11 is 0. The second-order valence-electron chi connectivity index (χ2n) is 4.57. The molecule has 0 atom stereocenters. The second kappa shape index (κ2) is 5.82. The number of carboxylic acid groups (broad SMARTS) is 1. The number of rotatable bonds is 6. The maximum absolute atomic E-state index is 13.6. The molecule has 1 aromatic rings. The lowest BCUT2D eigenvalue weighted by molar-refractivity contribution is -0.131. The second-order valence-corrected chi connectivity index (χ2v) is 4.57. The van der Waals surface area contributed by atoms with E-state index in [1.165, 1.54) is 0 Å². The molecular formula is C14H14F2O3. The van der Waals surface area contributed by atoms with E-state index in [4.69, 9.17) is 9.84 Å². The van der Waals surface area contributed by atoms with Crippen LogP contribution in [0.25, 0.3) is 6.08 Å². The maximum Gasteiger partial charge on any atom is 0.328 e. The van der Waals surface area contributed by atoms with Crippen molar-refractivity contribution in [1.29, 1.82) is 0 Å². The summed E-state index contributed by atoms with van der Waals surface area (Å²) in [5, 5.41) is 8.44. The molecule has 5 heteroatoms. The molecule has 1 aromatic carbocycles. The van der Waals surface area contributed by atoms with Gasteiger partial charge in [0.05, 0.1) is 6.61 Å². The van der Waals surface area contributed by atoms with Gasteiger partial charge in [-0.1, -0.05) is 12.8 Å². The number of aliphatic carboxylic acids is 1. The summed E-state index contributed by atoms with van der Waals surface area (Å²) in [5.74, 6) is -2.58. The molecule has 3 nitrogen and oxygen atoms in total. The lowest BCUT2D eigenvalue weighted by Crippen LogP contribution is -2.02. The third-order valence-corrected chi connectivity index (χ3v) is 2.91. The molecule has 1 saturated carbocycles. The van der Waals surface area contributed by atoms with Gasteiger partial charge >= 0.3 is 5.97 Å². The quantitative estimate of drug-likeness (QED) is 0.806. The van der Waals surface area contributed by atoms with Crippen molar-refractivity contribution in [3.05, 3.63) is 35.4 Å². The largest absolute Gasteiger partial charge is 0.488 e. The Morgan fingerprint density at radius 2 is 2.00 bits per heavy atom. The molecular weight excluding hydrogens is 254 g/mol. The molecule has 0 unspecified atom stereocenters. The monoisotopic (exact) mass is 268 g/mol. The molecule has 0 aromatic heterocycles. The highest BCUT2D eigenvalue weighted by Gasteiger charge is 2.21. The first-order chi connectivity index (χ1) is 9.06. The van der Waals surface area contributed by atoms with Crippen LogP contribution >= 0.6 is 0 Å². The predicted molar refractivity (Wildman–Crippen MR) is 65.9 cm³/mol. The van der Waals surface area contributed by atoms with Crippen LogP contribution in [0.15, 0.2) is 18.2 Å². The molecule has 0 saturated heterocycles. The van der Waals surface area contributed by atoms with Gasteiger partial charge < -0.3 is 9.84 Å². The van der Waals surface area contributed by atoms with E-state index in [0.29, 0.717) is 12.5 Å². The van der Waals surface area contributed by atoms with Gasteiger partial charge in [-0.05, 0) is 36.1 Å². The van der Waals surface area contributed by atoms with Crippen molar-refractivity contribution >= 4 is 12.0 Å². The van der Waals surface area contributed by atoms with E-state index in [9.17, 15) is 13.6 Å². The summed E-state index contributed by atoms with van der Waals surface area (Å²) in [6, 6.07) is 2.10. The fraction of sp³-hybridized carbons (Fsp3) is 0.357. The van der Waals surface area contributed by atoms with Crippen molar-refractivity contribution in [1.82, 2.24) is 0 Å². The molecule has 0 amide bonds. The van der Waals surface area contributed by atoms with Gasteiger partial charge in [0, 0.05) is 6.08 Å². The maximum atomic E-state index is 13.6. The number of hydrogen-bond acceptors (Lipinski definition) is 2. The van der Waals surface area contributed by atoms with Gasteiger partial charge in [-0.2, -0.15) is 0 Å². The van der Waals surface area contributed by atoms with Crippen molar-refractivity contribution in [2.45, 2.75) is 19.3 Å². The van der Waals surface area contributed by atoms with Crippen molar-refractivity contribution in [3.63, 3.8) is 0 Å². The Morgan fingerprint density at radius 1 is 1.37 bits per heavy atom. The number of carboxylic acids is 1. The molecule has 0 bridgehead atoms. The summed E-state index contributed by atoms with van der Waals surface area (Å²) in [4.78, 5) is 10.3. The van der Waals surface area contributed by atoms with Crippen LogP contribution in [0.4, 0.5) is 8.78 Å². The van der Waals surface area contributed by atoms with Crippen LogP contribution in [-0.4, -0.2) is 17.7 Å². The Balaban J connectivity index is 2.04. The van der Waals surface area contributed by atoms with Crippen molar-refractivity contribution in [3.8, 4) is 5.75 Å². The van der Waals surface area contributed by atoms with Crippen LogP contribution in [0.1, 0.15) is 24.8 Å². The molecule has 0 aliphatic heterocycles. The molecule has 2 rings (SSSR count). The highest BCUT2D eigenvalue weighted by molar-refractivity contribution is 5.85. The Kier molecular flexibility index (Phi) is 4.14. The van der Waals surface area contributed by atoms with E-state index in [1.54, 1.807) is 0 Å². The van der Waals surface area contributed by atoms with Gasteiger partial charge in [0.25, 0.3) is 0 Å². The molecule has 19 heavy (non-hydrogen) atoms. The van der Waals surface area contributed by atoms with Gasteiger partial charge in [0.2, 0.25) is 0 Å². The van der Waals surface area contributed by atoms with Crippen molar-refractivity contribution in [2.24, 2.45) is 5.92 Å². The molecule has 0 radical (unpaired) electrons. The first-order valence-corrected chi connectivity index (χ1v) is 6.09. The number of carbonyl (C=O) groups is 1. The minimum Gasteiger partial charge on any atom is -0.488 e. The van der Waals surface area contributed by atoms with Crippen molar-refractivity contribution in [2.75, 3.05) is 6.61 Å². The van der Waals surface area contributed by atoms with E-state index in [-0.39, 0.29) is 5.56 Å². The molecule has 1 N–H and O–H groups in total. The average Bonchev–Trinajstić information content (AvgIpc) is 3.14. The third kappa shape index (κ3) is 4.05. The predicted octanol–water partition coefficient (Wildman–Crippen LogP) is 3.24. The Labute approximate surface area is 109 Å². The minimum atomic E-state index is -1.18. The number of hydrogen-bond donors (Lipinski definition) is 1. The van der Waals surface area contributed by atoms with Crippen LogP contribution in [-0.2, 0) is 4.79 Å². The Hall–Kier alpha value is -1.91. The highest BCUT2D eigenvalue weighted by atomic mass is 19.1. The standard InChI is InChI=1S/C14H14F2O3/c15-11-7-10(3-4-13(17)18)8-12(16)14(11)19-6-5-9-1-2-9/h3-4,7-9H,1-2,5-6H2,(H,17,18). The van der Waals surface area contributed by atoms with Gasteiger partial charge in [-0.15, -0.1) is 0 Å². The molecule has 1 aliphatic rings. The lowest BCUT2D eigenvalue weighted by atomic mass is 10.2. The molecule has 0 heterocycles. The van der Waals surface area contributed by atoms with Gasteiger partial charge in [0.15, 0.2) is 17.4 Å². The van der Waals surface area contributed by atoms with E-state index in [1.807, 2.05) is 0 Å². The van der Waals surface area contributed by atoms with Crippen LogP contribution in [0.5, 0.6) is 5.75 Å². The van der Waals surface area contributed by atoms with E-state index in [2.05, 4.69) is 0 Å². The van der Waals surface area contributed by atoms with E-state index >= 15 is 0 Å². The zero-order valence-electron chi connectivity index (χ0n) is 10.2. The van der Waals surface area contributed by atoms with Crippen LogP contribution < -0.4 is 4.74 Å². The van der Waals surface area contributed by atoms with Gasteiger partial charge in [-0.3, -0.25) is 0 Å². The van der Waals surface area contributed by atoms with E-state index in [0.717, 1.165) is 43.5 Å². The van der Waals surface area contributed by atoms with E-state index < -0.39 is 23.4 Å². The molecule has 102 valence electrons. The Morgan fingerprint density at radius 3 is 2.53 bits per heavy atom. The van der Waals surface area contributed by atoms with Crippen molar-refractivity contribution < 1.29 is 23.4 Å². The highest BCUT2D eigenvalue weighted by Crippen LogP contribution is 2.33. The lowest BCUT2D eigenvalue weighted by Gasteiger charge is -2.08. The Bertz CT molecular complexity index is 484. The summed E-state index contributed by atoms with van der Waals surface area (Å²) < 4.78 is 32.4. The molecule has 1 aliphatic carbocycles. The summed E-state index contributed by atoms with van der Waals surface area (Å²) in [7, 11) is 0. The fourth-order valence-corrected chi connectivity index (χ4v) is 1.72. The third-order valence-electron chi connectivity index (χ3n) is 2.91. The average molecular weight is 268 g/mol. The number of ether oxygens (including phenoxy) is 1. The zero-order valence-corrected chi connectivity index (χ0v) is 10.2. The van der Waals surface area contributed by atoms with Gasteiger partial charge in [0.1, 0.15) is 0 Å². The minimum absolute atomic E-state index is 0.145.